The van der Waals surface area contributed by atoms with E-state index in [0.29, 0.717) is 0 Å². The Bertz CT molecular complexity index is 131. The number of carboxylic acid groups (broad SMARTS) is 1. The Hall–Kier alpha value is -1.14. The average Bonchev–Trinajstić information content (AvgIpc) is 1.85. The molecule has 4 N–H and O–H groups in total. The second-order valence-electron chi connectivity index (χ2n) is 1.79. The molecule has 64 valence electrons. The zero-order valence-corrected chi connectivity index (χ0v) is 5.87. The van der Waals surface area contributed by atoms with E-state index in [0.717, 1.165) is 0 Å². The summed E-state index contributed by atoms with van der Waals surface area (Å²) in [6, 6.07) is 0. The lowest BCUT2D eigenvalue weighted by Gasteiger charge is -2.00. The third-order valence-electron chi connectivity index (χ3n) is 0.757. The number of hydrogen-bond acceptors (Lipinski definition) is 4. The van der Waals surface area contributed by atoms with Crippen molar-refractivity contribution in [2.45, 2.75) is 6.42 Å². The molecule has 0 saturated carbocycles. The summed E-state index contributed by atoms with van der Waals surface area (Å²) in [6.45, 7) is -0.0950. The predicted molar refractivity (Wildman–Crippen MR) is 35.4 cm³/mol. The highest BCUT2D eigenvalue weighted by Crippen LogP contribution is 1.74. The normalized spacial score (nSPS) is 9.45. The fourth-order valence-electron chi connectivity index (χ4n) is 0.352. The zero-order chi connectivity index (χ0) is 8.69. The van der Waals surface area contributed by atoms with Gasteiger partial charge in [-0.1, -0.05) is 0 Å². The Kier molecular flexibility index (Phi) is 5.05. The van der Waals surface area contributed by atoms with Gasteiger partial charge in [0.05, 0.1) is 6.42 Å². The molecule has 0 aliphatic heterocycles. The highest BCUT2D eigenvalue weighted by atomic mass is 16.6. The number of aliphatic carboxylic acids is 1. The summed E-state index contributed by atoms with van der Waals surface area (Å²) < 4.78 is 0. The largest absolute Gasteiger partial charge is 0.481 e. The summed E-state index contributed by atoms with van der Waals surface area (Å²) in [6.07, 6.45) is -0.0568. The number of carbonyl (C=O) groups excluding carboxylic acids is 1. The summed E-state index contributed by atoms with van der Waals surface area (Å²) >= 11 is 0. The number of rotatable bonds is 6. The Morgan fingerprint density at radius 3 is 2.64 bits per heavy atom. The maximum Gasteiger partial charge on any atom is 0.304 e. The van der Waals surface area contributed by atoms with Gasteiger partial charge in [0, 0.05) is 6.54 Å². The first-order valence-electron chi connectivity index (χ1n) is 2.97. The van der Waals surface area contributed by atoms with Crippen LogP contribution in [-0.2, 0) is 14.4 Å². The number of carboxylic acids is 1. The van der Waals surface area contributed by atoms with Crippen LogP contribution in [0.1, 0.15) is 6.42 Å². The quantitative estimate of drug-likeness (QED) is 0.325. The number of hydroxylamine groups is 1. The molecular formula is C5H10N2O4. The highest BCUT2D eigenvalue weighted by molar-refractivity contribution is 5.74. The van der Waals surface area contributed by atoms with Crippen molar-refractivity contribution in [3.8, 4) is 0 Å². The van der Waals surface area contributed by atoms with Crippen molar-refractivity contribution in [1.82, 2.24) is 5.48 Å². The van der Waals surface area contributed by atoms with Crippen molar-refractivity contribution >= 4 is 11.9 Å². The fourth-order valence-corrected chi connectivity index (χ4v) is 0.352. The lowest BCUT2D eigenvalue weighted by molar-refractivity contribution is -0.137. The molecule has 0 atom stereocenters. The van der Waals surface area contributed by atoms with Crippen LogP contribution in [-0.4, -0.2) is 30.1 Å². The number of amides is 1. The zero-order valence-electron chi connectivity index (χ0n) is 5.87. The first-order chi connectivity index (χ1) is 5.13. The summed E-state index contributed by atoms with van der Waals surface area (Å²) in [5.41, 5.74) is 6.98. The molecule has 0 radical (unpaired) electrons. The van der Waals surface area contributed by atoms with E-state index in [1.54, 1.807) is 0 Å². The third-order valence-corrected chi connectivity index (χ3v) is 0.757. The molecule has 0 aromatic carbocycles. The molecule has 0 spiro atoms. The minimum absolute atomic E-state index is 0.0568. The van der Waals surface area contributed by atoms with Crippen LogP contribution in [0.15, 0.2) is 0 Å². The van der Waals surface area contributed by atoms with Crippen LogP contribution >= 0.6 is 0 Å². The van der Waals surface area contributed by atoms with E-state index < -0.39 is 11.9 Å². The highest BCUT2D eigenvalue weighted by Gasteiger charge is 1.96. The number of carbonyl (C=O) groups is 2. The summed E-state index contributed by atoms with van der Waals surface area (Å²) in [5, 5.41) is 8.13. The van der Waals surface area contributed by atoms with Crippen LogP contribution in [0, 0.1) is 0 Å². The van der Waals surface area contributed by atoms with Gasteiger partial charge in [0.1, 0.15) is 6.61 Å². The molecule has 0 aliphatic rings. The number of nitrogens with one attached hydrogen (secondary N) is 1. The van der Waals surface area contributed by atoms with E-state index in [9.17, 15) is 9.59 Å². The molecule has 0 aliphatic carbocycles. The lowest BCUT2D eigenvalue weighted by atomic mass is 10.4. The van der Waals surface area contributed by atoms with E-state index in [1.807, 2.05) is 0 Å². The van der Waals surface area contributed by atoms with Gasteiger partial charge < -0.3 is 10.8 Å². The lowest BCUT2D eigenvalue weighted by Crippen LogP contribution is -2.26. The monoisotopic (exact) mass is 162 g/mol. The maximum atomic E-state index is 10.0. The molecule has 0 aromatic rings. The van der Waals surface area contributed by atoms with Gasteiger partial charge in [-0.15, -0.1) is 0 Å². The molecule has 6 heteroatoms. The van der Waals surface area contributed by atoms with Crippen molar-refractivity contribution in [2.24, 2.45) is 5.73 Å². The van der Waals surface area contributed by atoms with Crippen LogP contribution in [0.25, 0.3) is 0 Å². The molecule has 0 rings (SSSR count). The molecule has 11 heavy (non-hydrogen) atoms. The van der Waals surface area contributed by atoms with Crippen molar-refractivity contribution < 1.29 is 19.5 Å². The Morgan fingerprint density at radius 1 is 1.55 bits per heavy atom. The Labute approximate surface area is 63.3 Å². The van der Waals surface area contributed by atoms with E-state index >= 15 is 0 Å². The van der Waals surface area contributed by atoms with E-state index in [4.69, 9.17) is 10.8 Å². The van der Waals surface area contributed by atoms with Crippen molar-refractivity contribution in [3.63, 3.8) is 0 Å². The molecule has 0 bridgehead atoms. The third kappa shape index (κ3) is 8.86. The van der Waals surface area contributed by atoms with E-state index in [2.05, 4.69) is 10.3 Å². The minimum atomic E-state index is -0.930. The van der Waals surface area contributed by atoms with Gasteiger partial charge in [-0.3, -0.25) is 14.4 Å². The molecular weight excluding hydrogens is 152 g/mol. The summed E-state index contributed by atoms with van der Waals surface area (Å²) in [5.74, 6) is -1.53. The smallest absolute Gasteiger partial charge is 0.304 e. The Balaban J connectivity index is 3.03. The van der Waals surface area contributed by atoms with Gasteiger partial charge in [0.2, 0.25) is 5.91 Å². The number of nitrogens with two attached hydrogens (primary N) is 1. The van der Waals surface area contributed by atoms with Crippen LogP contribution in [0.4, 0.5) is 0 Å². The summed E-state index contributed by atoms with van der Waals surface area (Å²) in [4.78, 5) is 24.4. The van der Waals surface area contributed by atoms with Crippen molar-refractivity contribution in [2.75, 3.05) is 13.2 Å². The van der Waals surface area contributed by atoms with E-state index in [-0.39, 0.29) is 19.6 Å². The average molecular weight is 162 g/mol. The molecule has 0 heterocycles. The first kappa shape index (κ1) is 9.86. The van der Waals surface area contributed by atoms with Crippen LogP contribution in [0.5, 0.6) is 0 Å². The van der Waals surface area contributed by atoms with Crippen molar-refractivity contribution in [3.05, 3.63) is 0 Å². The standard InChI is InChI=1S/C5H10N2O4/c6-4(8)3-11-7-2-1-5(9)10/h7H,1-3H2,(H2,6,8)(H,9,10). The van der Waals surface area contributed by atoms with Crippen LogP contribution in [0.2, 0.25) is 0 Å². The van der Waals surface area contributed by atoms with Gasteiger partial charge in [-0.05, 0) is 0 Å². The first-order valence-corrected chi connectivity index (χ1v) is 2.97. The predicted octanol–water partition coefficient (Wildman–Crippen LogP) is -1.53. The van der Waals surface area contributed by atoms with Gasteiger partial charge in [0.25, 0.3) is 0 Å². The topological polar surface area (TPSA) is 102 Å². The second-order valence-corrected chi connectivity index (χ2v) is 1.79. The number of primary amides is 1. The van der Waals surface area contributed by atoms with Crippen LogP contribution in [0.3, 0.4) is 0 Å². The number of hydrogen-bond donors (Lipinski definition) is 3. The van der Waals surface area contributed by atoms with Crippen LogP contribution < -0.4 is 11.2 Å². The molecule has 1 amide bonds. The van der Waals surface area contributed by atoms with Gasteiger partial charge >= 0.3 is 5.97 Å². The summed E-state index contributed by atoms with van der Waals surface area (Å²) in [7, 11) is 0. The molecule has 0 unspecified atom stereocenters. The minimum Gasteiger partial charge on any atom is -0.481 e. The molecule has 0 saturated heterocycles. The maximum absolute atomic E-state index is 10.0. The molecule has 6 nitrogen and oxygen atoms in total. The molecule has 0 fully saturated rings. The van der Waals surface area contributed by atoms with E-state index in [1.165, 1.54) is 0 Å². The molecule has 0 aromatic heterocycles. The van der Waals surface area contributed by atoms with Crippen molar-refractivity contribution in [1.29, 1.82) is 0 Å². The van der Waals surface area contributed by atoms with Gasteiger partial charge in [-0.2, -0.15) is 0 Å². The fraction of sp³-hybridized carbons (Fsp3) is 0.600. The SMILES string of the molecule is NC(=O)CONCCC(=O)O. The van der Waals surface area contributed by atoms with Gasteiger partial charge in [-0.25, -0.2) is 5.48 Å². The Morgan fingerprint density at radius 2 is 2.18 bits per heavy atom. The second kappa shape index (κ2) is 5.63. The van der Waals surface area contributed by atoms with Gasteiger partial charge in [0.15, 0.2) is 0 Å².